The number of hydrogen-bond acceptors (Lipinski definition) is 5. The van der Waals surface area contributed by atoms with Gasteiger partial charge >= 0.3 is 0 Å². The van der Waals surface area contributed by atoms with Gasteiger partial charge in [-0.2, -0.15) is 0 Å². The van der Waals surface area contributed by atoms with Gasteiger partial charge < -0.3 is 10.6 Å². The Balaban J connectivity index is 1.73. The van der Waals surface area contributed by atoms with Gasteiger partial charge in [-0.15, -0.1) is 11.3 Å². The van der Waals surface area contributed by atoms with Crippen molar-refractivity contribution in [2.24, 2.45) is 0 Å². The summed E-state index contributed by atoms with van der Waals surface area (Å²) in [6.45, 7) is 3.54. The molecule has 24 heavy (non-hydrogen) atoms. The first-order valence-electron chi connectivity index (χ1n) is 8.00. The first-order chi connectivity index (χ1) is 11.7. The number of hydrogen-bond donors (Lipinski definition) is 2. The lowest BCUT2D eigenvalue weighted by Gasteiger charge is -2.36. The van der Waals surface area contributed by atoms with Crippen LogP contribution in [0.4, 0.5) is 0 Å². The smallest absolute Gasteiger partial charge is 0.226 e. The number of carbonyl (C=O) groups is 1. The number of thiazole rings is 1. The van der Waals surface area contributed by atoms with Crippen molar-refractivity contribution in [3.05, 3.63) is 50.9 Å². The van der Waals surface area contributed by atoms with E-state index < -0.39 is 0 Å². The highest BCUT2D eigenvalue weighted by Crippen LogP contribution is 2.29. The van der Waals surface area contributed by atoms with Crippen molar-refractivity contribution in [3.8, 4) is 0 Å². The molecule has 0 radical (unpaired) electrons. The van der Waals surface area contributed by atoms with Crippen LogP contribution in [0.5, 0.6) is 0 Å². The standard InChI is InChI=1S/C17H21ClN4OS/c1-19-16(23)8-17-21-12(11-24-17)10-22-7-6-20-9-15(22)13-4-2-3-5-14(13)18/h2-5,11,15,20H,6-10H2,1H3,(H,19,23). The molecule has 0 aliphatic carbocycles. The molecular weight excluding hydrogens is 344 g/mol. The van der Waals surface area contributed by atoms with Gasteiger partial charge in [0.1, 0.15) is 5.01 Å². The second-order valence-corrected chi connectivity index (χ2v) is 7.14. The van der Waals surface area contributed by atoms with Crippen LogP contribution >= 0.6 is 22.9 Å². The molecule has 2 N–H and O–H groups in total. The number of carbonyl (C=O) groups excluding carboxylic acids is 1. The number of aromatic nitrogens is 1. The van der Waals surface area contributed by atoms with E-state index in [0.717, 1.165) is 47.5 Å². The first kappa shape index (κ1) is 17.4. The van der Waals surface area contributed by atoms with Gasteiger partial charge in [-0.1, -0.05) is 29.8 Å². The lowest BCUT2D eigenvalue weighted by Crippen LogP contribution is -2.45. The first-order valence-corrected chi connectivity index (χ1v) is 9.26. The maximum absolute atomic E-state index is 11.5. The summed E-state index contributed by atoms with van der Waals surface area (Å²) in [5, 5.41) is 9.78. The molecule has 7 heteroatoms. The van der Waals surface area contributed by atoms with Crippen LogP contribution in [0.15, 0.2) is 29.6 Å². The maximum atomic E-state index is 11.5. The van der Waals surface area contributed by atoms with E-state index in [-0.39, 0.29) is 11.9 Å². The summed E-state index contributed by atoms with van der Waals surface area (Å²) in [7, 11) is 1.64. The molecule has 1 aliphatic heterocycles. The molecule has 1 aromatic heterocycles. The van der Waals surface area contributed by atoms with Crippen LogP contribution in [0, 0.1) is 0 Å². The third-order valence-corrected chi connectivity index (χ3v) is 5.42. The Morgan fingerprint density at radius 2 is 2.33 bits per heavy atom. The average molecular weight is 365 g/mol. The molecule has 3 rings (SSSR count). The third-order valence-electron chi connectivity index (χ3n) is 4.17. The van der Waals surface area contributed by atoms with Crippen molar-refractivity contribution in [2.75, 3.05) is 26.7 Å². The Morgan fingerprint density at radius 3 is 3.12 bits per heavy atom. The summed E-state index contributed by atoms with van der Waals surface area (Å²) < 4.78 is 0. The minimum atomic E-state index is -0.00739. The van der Waals surface area contributed by atoms with E-state index in [1.54, 1.807) is 18.4 Å². The van der Waals surface area contributed by atoms with E-state index in [4.69, 9.17) is 11.6 Å². The number of benzene rings is 1. The van der Waals surface area contributed by atoms with Crippen LogP contribution in [-0.4, -0.2) is 42.5 Å². The minimum absolute atomic E-state index is 0.00739. The van der Waals surface area contributed by atoms with Gasteiger partial charge in [0.2, 0.25) is 5.91 Å². The fourth-order valence-electron chi connectivity index (χ4n) is 2.92. The molecule has 1 aliphatic rings. The molecule has 5 nitrogen and oxygen atoms in total. The molecule has 128 valence electrons. The number of likely N-dealkylation sites (N-methyl/N-ethyl adjacent to an activating group) is 1. The Kier molecular flexibility index (Phi) is 5.84. The molecule has 1 fully saturated rings. The van der Waals surface area contributed by atoms with Gasteiger partial charge in [-0.25, -0.2) is 4.98 Å². The molecule has 1 amide bonds. The van der Waals surface area contributed by atoms with E-state index in [1.807, 2.05) is 23.6 Å². The number of halogens is 1. The Bertz CT molecular complexity index is 705. The summed E-state index contributed by atoms with van der Waals surface area (Å²) in [6.07, 6.45) is 0.344. The van der Waals surface area contributed by atoms with Crippen molar-refractivity contribution in [1.82, 2.24) is 20.5 Å². The summed E-state index contributed by atoms with van der Waals surface area (Å²) in [5.74, 6) is -0.00739. The lowest BCUT2D eigenvalue weighted by atomic mass is 10.0. The minimum Gasteiger partial charge on any atom is -0.359 e. The third kappa shape index (κ3) is 4.13. The summed E-state index contributed by atoms with van der Waals surface area (Å²) in [4.78, 5) is 18.5. The number of nitrogens with one attached hydrogen (secondary N) is 2. The monoisotopic (exact) mass is 364 g/mol. The molecule has 2 heterocycles. The van der Waals surface area contributed by atoms with Crippen LogP contribution in [0.1, 0.15) is 22.3 Å². The van der Waals surface area contributed by atoms with Crippen molar-refractivity contribution in [3.63, 3.8) is 0 Å². The predicted octanol–water partition coefficient (Wildman–Crippen LogP) is 2.23. The van der Waals surface area contributed by atoms with E-state index >= 15 is 0 Å². The highest BCUT2D eigenvalue weighted by atomic mass is 35.5. The highest BCUT2D eigenvalue weighted by Gasteiger charge is 2.26. The highest BCUT2D eigenvalue weighted by molar-refractivity contribution is 7.09. The predicted molar refractivity (Wildman–Crippen MR) is 97.4 cm³/mol. The van der Waals surface area contributed by atoms with Crippen molar-refractivity contribution in [1.29, 1.82) is 0 Å². The number of rotatable bonds is 5. The molecule has 0 bridgehead atoms. The van der Waals surface area contributed by atoms with E-state index in [1.165, 1.54) is 0 Å². The zero-order valence-electron chi connectivity index (χ0n) is 13.6. The summed E-state index contributed by atoms with van der Waals surface area (Å²) in [5.41, 5.74) is 2.16. The van der Waals surface area contributed by atoms with E-state index in [9.17, 15) is 4.79 Å². The van der Waals surface area contributed by atoms with Crippen molar-refractivity contribution < 1.29 is 4.79 Å². The molecule has 0 saturated carbocycles. The molecule has 1 unspecified atom stereocenters. The van der Waals surface area contributed by atoms with Crippen molar-refractivity contribution in [2.45, 2.75) is 19.0 Å². The lowest BCUT2D eigenvalue weighted by molar-refractivity contribution is -0.119. The topological polar surface area (TPSA) is 57.3 Å². The summed E-state index contributed by atoms with van der Waals surface area (Å²) >= 11 is 7.93. The molecule has 1 atom stereocenters. The Morgan fingerprint density at radius 1 is 1.50 bits per heavy atom. The Labute approximate surface area is 151 Å². The fraction of sp³-hybridized carbons (Fsp3) is 0.412. The SMILES string of the molecule is CNC(=O)Cc1nc(CN2CCNCC2c2ccccc2Cl)cs1. The molecular formula is C17H21ClN4OS. The molecule has 1 aromatic carbocycles. The zero-order valence-corrected chi connectivity index (χ0v) is 15.2. The van der Waals surface area contributed by atoms with Crippen molar-refractivity contribution >= 4 is 28.8 Å². The van der Waals surface area contributed by atoms with Crippen LogP contribution in [0.3, 0.4) is 0 Å². The zero-order chi connectivity index (χ0) is 16.9. The van der Waals surface area contributed by atoms with Gasteiger partial charge in [0.25, 0.3) is 0 Å². The van der Waals surface area contributed by atoms with Crippen LogP contribution in [-0.2, 0) is 17.8 Å². The maximum Gasteiger partial charge on any atom is 0.226 e. The molecule has 1 saturated heterocycles. The van der Waals surface area contributed by atoms with Gasteiger partial charge in [0.15, 0.2) is 0 Å². The van der Waals surface area contributed by atoms with Crippen LogP contribution in [0.2, 0.25) is 5.02 Å². The quantitative estimate of drug-likeness (QED) is 0.854. The fourth-order valence-corrected chi connectivity index (χ4v) is 3.97. The van der Waals surface area contributed by atoms with Crippen LogP contribution < -0.4 is 10.6 Å². The second kappa shape index (κ2) is 8.07. The number of piperazine rings is 1. The normalized spacial score (nSPS) is 18.5. The van der Waals surface area contributed by atoms with E-state index in [0.29, 0.717) is 6.42 Å². The molecule has 0 spiro atoms. The van der Waals surface area contributed by atoms with Gasteiger partial charge in [0.05, 0.1) is 12.1 Å². The van der Waals surface area contributed by atoms with Gasteiger partial charge in [-0.3, -0.25) is 9.69 Å². The molecule has 2 aromatic rings. The van der Waals surface area contributed by atoms with Gasteiger partial charge in [0, 0.05) is 49.7 Å². The van der Waals surface area contributed by atoms with E-state index in [2.05, 4.69) is 26.6 Å². The Hall–Kier alpha value is -1.47. The number of nitrogens with zero attached hydrogens (tertiary/aromatic N) is 2. The number of amides is 1. The average Bonchev–Trinajstić information content (AvgIpc) is 3.03. The van der Waals surface area contributed by atoms with Gasteiger partial charge in [-0.05, 0) is 11.6 Å². The van der Waals surface area contributed by atoms with Crippen LogP contribution in [0.25, 0.3) is 0 Å². The second-order valence-electron chi connectivity index (χ2n) is 5.79. The largest absolute Gasteiger partial charge is 0.359 e. The summed E-state index contributed by atoms with van der Waals surface area (Å²) in [6, 6.07) is 8.24.